The van der Waals surface area contributed by atoms with Crippen LogP contribution >= 0.6 is 0 Å². The third-order valence-corrected chi connectivity index (χ3v) is 4.47. The number of hydrogen-bond acceptors (Lipinski definition) is 1. The molecule has 14 heavy (non-hydrogen) atoms. The summed E-state index contributed by atoms with van der Waals surface area (Å²) in [4.78, 5) is 2.70. The van der Waals surface area contributed by atoms with Crippen LogP contribution in [0.4, 0.5) is 5.69 Å². The van der Waals surface area contributed by atoms with Gasteiger partial charge in [-0.15, -0.1) is 0 Å². The lowest BCUT2D eigenvalue weighted by Gasteiger charge is -2.66. The summed E-state index contributed by atoms with van der Waals surface area (Å²) >= 11 is 0. The van der Waals surface area contributed by atoms with Crippen LogP contribution in [0.2, 0.25) is 0 Å². The summed E-state index contributed by atoms with van der Waals surface area (Å²) in [7, 11) is 0. The summed E-state index contributed by atoms with van der Waals surface area (Å²) in [6, 6.07) is 8.95. The van der Waals surface area contributed by atoms with E-state index in [9.17, 15) is 0 Å². The average molecular weight is 185 g/mol. The molecule has 0 N–H and O–H groups in total. The molecule has 0 aromatic heterocycles. The molecule has 1 nitrogen and oxygen atoms in total. The van der Waals surface area contributed by atoms with E-state index in [4.69, 9.17) is 0 Å². The first kappa shape index (κ1) is 7.33. The van der Waals surface area contributed by atoms with E-state index in [1.165, 1.54) is 37.9 Å². The number of benzene rings is 1. The van der Waals surface area contributed by atoms with Gasteiger partial charge in [-0.3, -0.25) is 0 Å². The standard InChI is InChI=1S/C13H15N/c1-2-4-12-11(3-1)5-6-14(12)13-7-10(8-13)9-13/h1-4,10H,5-9H2. The lowest BCUT2D eigenvalue weighted by Crippen LogP contribution is -2.68. The summed E-state index contributed by atoms with van der Waals surface area (Å²) in [5.41, 5.74) is 3.72. The third-order valence-electron chi connectivity index (χ3n) is 4.47. The summed E-state index contributed by atoms with van der Waals surface area (Å²) in [5.74, 6) is 1.09. The molecule has 1 aromatic carbocycles. The zero-order valence-electron chi connectivity index (χ0n) is 8.37. The van der Waals surface area contributed by atoms with Crippen molar-refractivity contribution >= 4 is 5.69 Å². The van der Waals surface area contributed by atoms with Crippen molar-refractivity contribution in [1.29, 1.82) is 0 Å². The van der Waals surface area contributed by atoms with Gasteiger partial charge in [-0.2, -0.15) is 0 Å². The normalized spacial score (nSPS) is 37.4. The fourth-order valence-electron chi connectivity index (χ4n) is 3.59. The predicted octanol–water partition coefficient (Wildman–Crippen LogP) is 2.60. The van der Waals surface area contributed by atoms with E-state index in [-0.39, 0.29) is 0 Å². The van der Waals surface area contributed by atoms with Crippen LogP contribution in [0.25, 0.3) is 0 Å². The van der Waals surface area contributed by atoms with Gasteiger partial charge >= 0.3 is 0 Å². The smallest absolute Gasteiger partial charge is 0.0410 e. The zero-order chi connectivity index (χ0) is 9.17. The molecule has 0 spiro atoms. The molecule has 0 atom stereocenters. The molecule has 3 aliphatic carbocycles. The monoisotopic (exact) mass is 185 g/mol. The lowest BCUT2D eigenvalue weighted by atomic mass is 9.49. The molecule has 4 aliphatic rings. The average Bonchev–Trinajstić information content (AvgIpc) is 2.45. The SMILES string of the molecule is c1ccc2c(c1)CCN2C12CC(C1)C2. The summed E-state index contributed by atoms with van der Waals surface area (Å²) in [6.07, 6.45) is 5.69. The van der Waals surface area contributed by atoms with Gasteiger partial charge in [0.25, 0.3) is 0 Å². The van der Waals surface area contributed by atoms with E-state index < -0.39 is 0 Å². The van der Waals surface area contributed by atoms with Crippen LogP contribution in [0.1, 0.15) is 24.8 Å². The molecule has 0 unspecified atom stereocenters. The van der Waals surface area contributed by atoms with Crippen LogP contribution in [0.15, 0.2) is 24.3 Å². The van der Waals surface area contributed by atoms with Gasteiger partial charge < -0.3 is 4.90 Å². The highest BCUT2D eigenvalue weighted by Gasteiger charge is 2.60. The van der Waals surface area contributed by atoms with Crippen molar-refractivity contribution in [3.05, 3.63) is 29.8 Å². The van der Waals surface area contributed by atoms with Gasteiger partial charge in [0.05, 0.1) is 0 Å². The molecule has 2 bridgehead atoms. The fraction of sp³-hybridized carbons (Fsp3) is 0.538. The molecular weight excluding hydrogens is 170 g/mol. The predicted molar refractivity (Wildman–Crippen MR) is 57.6 cm³/mol. The molecule has 72 valence electrons. The molecule has 0 amide bonds. The Morgan fingerprint density at radius 3 is 2.64 bits per heavy atom. The highest BCUT2D eigenvalue weighted by molar-refractivity contribution is 5.61. The Labute approximate surface area is 84.7 Å². The minimum atomic E-state index is 0.622. The minimum Gasteiger partial charge on any atom is -0.365 e. The van der Waals surface area contributed by atoms with Crippen molar-refractivity contribution < 1.29 is 0 Å². The van der Waals surface area contributed by atoms with E-state index in [0.29, 0.717) is 5.54 Å². The Morgan fingerprint density at radius 2 is 1.93 bits per heavy atom. The number of fused-ring (bicyclic) bond motifs is 1. The molecule has 5 rings (SSSR count). The summed E-state index contributed by atoms with van der Waals surface area (Å²) in [6.45, 7) is 1.27. The van der Waals surface area contributed by atoms with E-state index in [0.717, 1.165) is 5.92 Å². The van der Waals surface area contributed by atoms with Crippen LogP contribution < -0.4 is 4.90 Å². The van der Waals surface area contributed by atoms with Gasteiger partial charge in [0, 0.05) is 17.8 Å². The highest BCUT2D eigenvalue weighted by atomic mass is 15.3. The van der Waals surface area contributed by atoms with Crippen molar-refractivity contribution in [3.8, 4) is 0 Å². The van der Waals surface area contributed by atoms with Gasteiger partial charge in [-0.05, 0) is 43.2 Å². The van der Waals surface area contributed by atoms with Gasteiger partial charge in [0.2, 0.25) is 0 Å². The Bertz CT molecular complexity index is 379. The quantitative estimate of drug-likeness (QED) is 0.650. The van der Waals surface area contributed by atoms with Gasteiger partial charge in [0.15, 0.2) is 0 Å². The maximum Gasteiger partial charge on any atom is 0.0410 e. The molecule has 1 heteroatoms. The van der Waals surface area contributed by atoms with E-state index in [1.54, 1.807) is 5.56 Å². The second-order valence-electron chi connectivity index (χ2n) is 5.23. The maximum absolute atomic E-state index is 2.70. The van der Waals surface area contributed by atoms with Crippen molar-refractivity contribution in [3.63, 3.8) is 0 Å². The Morgan fingerprint density at radius 1 is 1.14 bits per heavy atom. The first-order valence-electron chi connectivity index (χ1n) is 5.73. The second kappa shape index (κ2) is 2.16. The second-order valence-corrected chi connectivity index (χ2v) is 5.23. The fourth-order valence-corrected chi connectivity index (χ4v) is 3.59. The Balaban J connectivity index is 1.76. The van der Waals surface area contributed by atoms with Crippen LogP contribution in [0.5, 0.6) is 0 Å². The Kier molecular flexibility index (Phi) is 1.13. The number of anilines is 1. The summed E-state index contributed by atoms with van der Waals surface area (Å²) < 4.78 is 0. The van der Waals surface area contributed by atoms with Crippen molar-refractivity contribution in [1.82, 2.24) is 0 Å². The molecule has 0 radical (unpaired) electrons. The van der Waals surface area contributed by atoms with Crippen LogP contribution in [-0.4, -0.2) is 12.1 Å². The molecule has 3 fully saturated rings. The molecule has 1 aliphatic heterocycles. The van der Waals surface area contributed by atoms with Crippen molar-refractivity contribution in [2.24, 2.45) is 5.92 Å². The summed E-state index contributed by atoms with van der Waals surface area (Å²) in [5, 5.41) is 0. The van der Waals surface area contributed by atoms with Gasteiger partial charge in [0.1, 0.15) is 0 Å². The van der Waals surface area contributed by atoms with Crippen LogP contribution in [0, 0.1) is 5.92 Å². The lowest BCUT2D eigenvalue weighted by molar-refractivity contribution is -0.0234. The minimum absolute atomic E-state index is 0.622. The molecule has 3 saturated carbocycles. The molecule has 1 heterocycles. The third kappa shape index (κ3) is 0.691. The topological polar surface area (TPSA) is 3.24 Å². The Hall–Kier alpha value is -0.980. The molecular formula is C13H15N. The van der Waals surface area contributed by atoms with Crippen molar-refractivity contribution in [2.75, 3.05) is 11.4 Å². The van der Waals surface area contributed by atoms with E-state index >= 15 is 0 Å². The van der Waals surface area contributed by atoms with E-state index in [2.05, 4.69) is 29.2 Å². The zero-order valence-corrected chi connectivity index (χ0v) is 8.37. The van der Waals surface area contributed by atoms with E-state index in [1.807, 2.05) is 0 Å². The number of hydrogen-bond donors (Lipinski definition) is 0. The highest BCUT2D eigenvalue weighted by Crippen LogP contribution is 2.62. The number of rotatable bonds is 1. The van der Waals surface area contributed by atoms with Crippen molar-refractivity contribution in [2.45, 2.75) is 31.2 Å². The van der Waals surface area contributed by atoms with Crippen LogP contribution in [-0.2, 0) is 6.42 Å². The van der Waals surface area contributed by atoms with Crippen LogP contribution in [0.3, 0.4) is 0 Å². The first-order chi connectivity index (χ1) is 6.87. The van der Waals surface area contributed by atoms with Gasteiger partial charge in [-0.1, -0.05) is 18.2 Å². The number of para-hydroxylation sites is 1. The maximum atomic E-state index is 2.70. The molecule has 1 aromatic rings. The largest absolute Gasteiger partial charge is 0.365 e. The first-order valence-corrected chi connectivity index (χ1v) is 5.73. The molecule has 0 saturated heterocycles. The van der Waals surface area contributed by atoms with Gasteiger partial charge in [-0.25, -0.2) is 0 Å². The number of nitrogens with zero attached hydrogens (tertiary/aromatic N) is 1.